The number of amides is 2. The Morgan fingerprint density at radius 2 is 1.67 bits per heavy atom. The lowest BCUT2D eigenvalue weighted by Crippen LogP contribution is -2.48. The van der Waals surface area contributed by atoms with Crippen molar-refractivity contribution in [2.24, 2.45) is 0 Å². The van der Waals surface area contributed by atoms with Crippen molar-refractivity contribution in [3.8, 4) is 0 Å². The van der Waals surface area contributed by atoms with Crippen LogP contribution >= 0.6 is 12.4 Å². The molecule has 1 aliphatic heterocycles. The van der Waals surface area contributed by atoms with Crippen LogP contribution in [-0.2, 0) is 19.4 Å². The van der Waals surface area contributed by atoms with Crippen molar-refractivity contribution in [2.45, 2.75) is 90.4 Å². The van der Waals surface area contributed by atoms with Crippen LogP contribution in [0.25, 0.3) is 0 Å². The Hall–Kier alpha value is -3.33. The number of hydrogen-bond donors (Lipinski definition) is 3. The minimum absolute atomic E-state index is 0. The second-order valence-electron chi connectivity index (χ2n) is 12.0. The molecule has 244 valence electrons. The van der Waals surface area contributed by atoms with Crippen molar-refractivity contribution in [1.82, 2.24) is 15.5 Å². The number of nitrogens with one attached hydrogen (secondary N) is 2. The molecule has 1 saturated heterocycles. The van der Waals surface area contributed by atoms with Crippen LogP contribution in [0.2, 0.25) is 0 Å². The second-order valence-corrected chi connectivity index (χ2v) is 12.0. The molecule has 45 heavy (non-hydrogen) atoms. The first kappa shape index (κ1) is 36.1. The molecule has 2 amide bonds. The summed E-state index contributed by atoms with van der Waals surface area (Å²) in [4.78, 5) is 29.1. The molecule has 0 spiro atoms. The molecule has 0 saturated carbocycles. The van der Waals surface area contributed by atoms with E-state index in [1.807, 2.05) is 24.0 Å². The van der Waals surface area contributed by atoms with E-state index in [0.29, 0.717) is 29.8 Å². The van der Waals surface area contributed by atoms with E-state index in [1.165, 1.54) is 17.7 Å². The van der Waals surface area contributed by atoms with E-state index in [9.17, 15) is 23.5 Å². The van der Waals surface area contributed by atoms with Crippen molar-refractivity contribution < 1.29 is 23.5 Å². The second kappa shape index (κ2) is 17.4. The molecule has 9 heteroatoms. The quantitative estimate of drug-likeness (QED) is 0.198. The first-order valence-electron chi connectivity index (χ1n) is 15.8. The number of aliphatic hydroxyl groups excluding tert-OH is 1. The molecule has 1 fully saturated rings. The fraction of sp³-hybridized carbons (Fsp3) is 0.444. The average molecular weight is 642 g/mol. The van der Waals surface area contributed by atoms with Crippen molar-refractivity contribution in [1.29, 1.82) is 0 Å². The van der Waals surface area contributed by atoms with Gasteiger partial charge in [0.15, 0.2) is 0 Å². The number of hydrogen-bond acceptors (Lipinski definition) is 4. The molecule has 3 aromatic rings. The van der Waals surface area contributed by atoms with Crippen LogP contribution in [0.3, 0.4) is 0 Å². The van der Waals surface area contributed by atoms with Crippen molar-refractivity contribution in [2.75, 3.05) is 13.1 Å². The zero-order valence-corrected chi connectivity index (χ0v) is 27.3. The number of carbonyl (C=O) groups is 2. The van der Waals surface area contributed by atoms with E-state index in [2.05, 4.69) is 36.6 Å². The monoisotopic (exact) mass is 641 g/mol. The Morgan fingerprint density at radius 3 is 2.38 bits per heavy atom. The maximum atomic E-state index is 14.0. The minimum Gasteiger partial charge on any atom is -0.390 e. The molecule has 6 nitrogen and oxygen atoms in total. The number of likely N-dealkylation sites (tertiary alicyclic amines) is 1. The lowest BCUT2D eigenvalue weighted by atomic mass is 9.96. The maximum absolute atomic E-state index is 14.0. The molecule has 3 N–H and O–H groups in total. The van der Waals surface area contributed by atoms with Gasteiger partial charge in [0.1, 0.15) is 11.6 Å². The SMILES string of the molecule is CCCC1CCCCN1C(=O)c1cc(C)cc(C(=O)N[C@@H](Cc2cc(F)cc(F)c2)[C@@H](O)CNCc2cccc(CC)c2)c1.Cl. The van der Waals surface area contributed by atoms with E-state index in [-0.39, 0.29) is 37.3 Å². The fourth-order valence-corrected chi connectivity index (χ4v) is 6.09. The van der Waals surface area contributed by atoms with Crippen LogP contribution in [0.1, 0.15) is 88.9 Å². The highest BCUT2D eigenvalue weighted by atomic mass is 35.5. The van der Waals surface area contributed by atoms with Crippen LogP contribution in [0.5, 0.6) is 0 Å². The Labute approximate surface area is 272 Å². The molecule has 3 atom stereocenters. The summed E-state index contributed by atoms with van der Waals surface area (Å²) in [7, 11) is 0. The molecule has 0 bridgehead atoms. The fourth-order valence-electron chi connectivity index (χ4n) is 6.09. The zero-order chi connectivity index (χ0) is 31.6. The highest BCUT2D eigenvalue weighted by Gasteiger charge is 2.28. The predicted molar refractivity (Wildman–Crippen MR) is 177 cm³/mol. The van der Waals surface area contributed by atoms with E-state index in [1.54, 1.807) is 18.2 Å². The zero-order valence-electron chi connectivity index (χ0n) is 26.5. The van der Waals surface area contributed by atoms with E-state index in [4.69, 9.17) is 0 Å². The number of carbonyl (C=O) groups excluding carboxylic acids is 2. The Balaban J connectivity index is 0.00000552. The molecule has 1 unspecified atom stereocenters. The number of nitrogens with zero attached hydrogens (tertiary/aromatic N) is 1. The highest BCUT2D eigenvalue weighted by molar-refractivity contribution is 6.00. The van der Waals surface area contributed by atoms with Gasteiger partial charge in [-0.05, 0) is 98.0 Å². The first-order chi connectivity index (χ1) is 21.2. The molecule has 0 radical (unpaired) electrons. The summed E-state index contributed by atoms with van der Waals surface area (Å²) < 4.78 is 28.0. The summed E-state index contributed by atoms with van der Waals surface area (Å²) in [5.41, 5.74) is 4.11. The minimum atomic E-state index is -1.06. The first-order valence-corrected chi connectivity index (χ1v) is 15.8. The van der Waals surface area contributed by atoms with Crippen molar-refractivity contribution in [3.05, 3.63) is 106 Å². The van der Waals surface area contributed by atoms with Gasteiger partial charge in [-0.1, -0.05) is 44.5 Å². The number of rotatable bonds is 13. The third-order valence-corrected chi connectivity index (χ3v) is 8.34. The largest absolute Gasteiger partial charge is 0.390 e. The topological polar surface area (TPSA) is 81.7 Å². The number of benzene rings is 3. The number of aliphatic hydroxyl groups is 1. The van der Waals surface area contributed by atoms with Crippen LogP contribution in [0.15, 0.2) is 60.7 Å². The summed E-state index contributed by atoms with van der Waals surface area (Å²) in [5.74, 6) is -2.00. The number of piperidine rings is 1. The van der Waals surface area contributed by atoms with Gasteiger partial charge in [0, 0.05) is 42.9 Å². The van der Waals surface area contributed by atoms with Gasteiger partial charge in [0.05, 0.1) is 12.1 Å². The van der Waals surface area contributed by atoms with Gasteiger partial charge in [-0.2, -0.15) is 0 Å². The molecule has 0 aliphatic carbocycles. The van der Waals surface area contributed by atoms with Gasteiger partial charge in [-0.15, -0.1) is 12.4 Å². The Morgan fingerprint density at radius 1 is 0.956 bits per heavy atom. The molecule has 3 aromatic carbocycles. The van der Waals surface area contributed by atoms with E-state index >= 15 is 0 Å². The lowest BCUT2D eigenvalue weighted by molar-refractivity contribution is 0.0600. The van der Waals surface area contributed by atoms with Gasteiger partial charge in [-0.3, -0.25) is 9.59 Å². The van der Waals surface area contributed by atoms with Gasteiger partial charge in [-0.25, -0.2) is 8.78 Å². The van der Waals surface area contributed by atoms with Gasteiger partial charge in [0.2, 0.25) is 0 Å². The summed E-state index contributed by atoms with van der Waals surface area (Å²) in [5, 5.41) is 17.3. The molecule has 0 aromatic heterocycles. The highest BCUT2D eigenvalue weighted by Crippen LogP contribution is 2.24. The van der Waals surface area contributed by atoms with Crippen molar-refractivity contribution in [3.63, 3.8) is 0 Å². The molecule has 1 heterocycles. The lowest BCUT2D eigenvalue weighted by Gasteiger charge is -2.36. The molecular weight excluding hydrogens is 596 g/mol. The van der Waals surface area contributed by atoms with Gasteiger partial charge < -0.3 is 20.6 Å². The maximum Gasteiger partial charge on any atom is 0.254 e. The average Bonchev–Trinajstić information content (AvgIpc) is 3.00. The summed E-state index contributed by atoms with van der Waals surface area (Å²) in [6, 6.07) is 15.8. The van der Waals surface area contributed by atoms with Crippen LogP contribution in [0, 0.1) is 18.6 Å². The summed E-state index contributed by atoms with van der Waals surface area (Å²) in [6.07, 6.45) is 4.86. The normalized spacial score (nSPS) is 16.0. The summed E-state index contributed by atoms with van der Waals surface area (Å²) in [6.45, 7) is 7.40. The molecular formula is C36H46ClF2N3O3. The Kier molecular flexibility index (Phi) is 14.0. The van der Waals surface area contributed by atoms with E-state index in [0.717, 1.165) is 55.7 Å². The molecule has 4 rings (SSSR count). The van der Waals surface area contributed by atoms with Crippen LogP contribution in [0.4, 0.5) is 8.78 Å². The number of halogens is 3. The third kappa shape index (κ3) is 10.3. The molecule has 1 aliphatic rings. The third-order valence-electron chi connectivity index (χ3n) is 8.34. The van der Waals surface area contributed by atoms with Crippen LogP contribution in [-0.4, -0.2) is 53.1 Å². The predicted octanol–water partition coefficient (Wildman–Crippen LogP) is 6.54. The number of aryl methyl sites for hydroxylation is 2. The standard InChI is InChI=1S/C36H45F2N3O3.ClH/c1-4-9-32-12-6-7-13-41(32)36(44)29-15-24(3)14-28(20-29)35(43)40-33(19-27-17-30(37)21-31(38)18-27)34(42)23-39-22-26-11-8-10-25(5-2)16-26;/h8,10-11,14-18,20-21,32-34,39,42H,4-7,9,12-13,19,22-23H2,1-3H3,(H,40,43);1H/t32?,33-,34-;/m0./s1. The van der Waals surface area contributed by atoms with Gasteiger partial charge in [0.25, 0.3) is 11.8 Å². The summed E-state index contributed by atoms with van der Waals surface area (Å²) >= 11 is 0. The van der Waals surface area contributed by atoms with Gasteiger partial charge >= 0.3 is 0 Å². The van der Waals surface area contributed by atoms with E-state index < -0.39 is 29.7 Å². The van der Waals surface area contributed by atoms with Crippen LogP contribution < -0.4 is 10.6 Å². The Bertz CT molecular complexity index is 1410. The van der Waals surface area contributed by atoms with Crippen molar-refractivity contribution >= 4 is 24.2 Å². The smallest absolute Gasteiger partial charge is 0.254 e.